The van der Waals surface area contributed by atoms with Crippen LogP contribution in [0.25, 0.3) is 0 Å². The molecule has 1 saturated carbocycles. The maximum atomic E-state index is 12.4. The predicted octanol–water partition coefficient (Wildman–Crippen LogP) is 1.09. The van der Waals surface area contributed by atoms with Crippen LogP contribution in [0.5, 0.6) is 0 Å². The maximum Gasteiger partial charge on any atom is 0.268 e. The Morgan fingerprint density at radius 1 is 1.20 bits per heavy atom. The van der Waals surface area contributed by atoms with Gasteiger partial charge in [-0.3, -0.25) is 9.59 Å². The summed E-state index contributed by atoms with van der Waals surface area (Å²) in [6.07, 6.45) is 5.67. The average molecular weight is 344 g/mol. The molecule has 2 heterocycles. The van der Waals surface area contributed by atoms with E-state index in [9.17, 15) is 9.59 Å². The molecule has 2 fully saturated rings. The van der Waals surface area contributed by atoms with Gasteiger partial charge in [-0.2, -0.15) is 5.26 Å². The van der Waals surface area contributed by atoms with Gasteiger partial charge >= 0.3 is 0 Å². The summed E-state index contributed by atoms with van der Waals surface area (Å²) in [7, 11) is 1.75. The van der Waals surface area contributed by atoms with Crippen LogP contribution < -0.4 is 10.6 Å². The van der Waals surface area contributed by atoms with Gasteiger partial charge < -0.3 is 19.9 Å². The lowest BCUT2D eigenvalue weighted by atomic mass is 9.99. The first-order valence-electron chi connectivity index (χ1n) is 8.82. The van der Waals surface area contributed by atoms with Crippen molar-refractivity contribution in [3.8, 4) is 6.07 Å². The quantitative estimate of drug-likeness (QED) is 0.854. The number of ether oxygens (including phenoxy) is 1. The number of nitriles is 1. The van der Waals surface area contributed by atoms with Gasteiger partial charge in [-0.15, -0.1) is 0 Å². The minimum absolute atomic E-state index is 0.0490. The minimum Gasteiger partial charge on any atom is -0.381 e. The molecule has 7 heteroatoms. The van der Waals surface area contributed by atoms with E-state index in [2.05, 4.69) is 10.6 Å². The van der Waals surface area contributed by atoms with E-state index < -0.39 is 0 Å². The zero-order valence-corrected chi connectivity index (χ0v) is 14.5. The molecule has 1 aliphatic heterocycles. The van der Waals surface area contributed by atoms with Gasteiger partial charge in [0.1, 0.15) is 11.8 Å². The Balaban J connectivity index is 1.49. The zero-order chi connectivity index (χ0) is 17.8. The van der Waals surface area contributed by atoms with Crippen molar-refractivity contribution in [2.45, 2.75) is 44.2 Å². The normalized spacial score (nSPS) is 23.8. The molecule has 134 valence electrons. The van der Waals surface area contributed by atoms with Crippen molar-refractivity contribution in [3.63, 3.8) is 0 Å². The standard InChI is InChI=1S/C18H24N4O3/c1-22-11-12(10-19)8-16(22)18(24)21-15-3-2-14(9-15)20-17(23)13-4-6-25-7-5-13/h8,11,13-15H,2-7,9H2,1H3,(H,20,23)(H,21,24)/t14-,15+/m1/s1. The Hall–Kier alpha value is -2.33. The van der Waals surface area contributed by atoms with Gasteiger partial charge in [0.05, 0.1) is 5.56 Å². The zero-order valence-electron chi connectivity index (χ0n) is 14.5. The molecule has 1 aliphatic carbocycles. The highest BCUT2D eigenvalue weighted by Crippen LogP contribution is 2.22. The third-order valence-electron chi connectivity index (χ3n) is 5.07. The number of amides is 2. The Morgan fingerprint density at radius 3 is 2.52 bits per heavy atom. The van der Waals surface area contributed by atoms with Gasteiger partial charge in [-0.25, -0.2) is 0 Å². The van der Waals surface area contributed by atoms with Crippen LogP contribution in [0.1, 0.15) is 48.2 Å². The van der Waals surface area contributed by atoms with Gasteiger partial charge in [-0.1, -0.05) is 0 Å². The molecule has 3 rings (SSSR count). The molecule has 25 heavy (non-hydrogen) atoms. The lowest BCUT2D eigenvalue weighted by Crippen LogP contribution is -2.41. The van der Waals surface area contributed by atoms with Gasteiger partial charge in [0.25, 0.3) is 5.91 Å². The second-order valence-electron chi connectivity index (χ2n) is 6.91. The summed E-state index contributed by atoms with van der Waals surface area (Å²) in [4.78, 5) is 24.7. The molecule has 2 atom stereocenters. The van der Waals surface area contributed by atoms with Crippen molar-refractivity contribution < 1.29 is 14.3 Å². The maximum absolute atomic E-state index is 12.4. The lowest BCUT2D eigenvalue weighted by molar-refractivity contribution is -0.128. The Morgan fingerprint density at radius 2 is 1.88 bits per heavy atom. The topological polar surface area (TPSA) is 96.1 Å². The van der Waals surface area contributed by atoms with Gasteiger partial charge in [0.2, 0.25) is 5.91 Å². The molecule has 0 aromatic carbocycles. The van der Waals surface area contributed by atoms with Crippen molar-refractivity contribution in [1.82, 2.24) is 15.2 Å². The summed E-state index contributed by atoms with van der Waals surface area (Å²) in [6, 6.07) is 3.79. The van der Waals surface area contributed by atoms with E-state index in [0.717, 1.165) is 32.1 Å². The molecule has 2 N–H and O–H groups in total. The summed E-state index contributed by atoms with van der Waals surface area (Å²) in [5.41, 5.74) is 0.951. The highest BCUT2D eigenvalue weighted by atomic mass is 16.5. The number of aryl methyl sites for hydroxylation is 1. The lowest BCUT2D eigenvalue weighted by Gasteiger charge is -2.23. The largest absolute Gasteiger partial charge is 0.381 e. The van der Waals surface area contributed by atoms with Crippen molar-refractivity contribution in [3.05, 3.63) is 23.5 Å². The first-order valence-corrected chi connectivity index (χ1v) is 8.82. The second-order valence-corrected chi connectivity index (χ2v) is 6.91. The average Bonchev–Trinajstić information content (AvgIpc) is 3.21. The van der Waals surface area contributed by atoms with Gasteiger partial charge in [0.15, 0.2) is 0 Å². The third-order valence-corrected chi connectivity index (χ3v) is 5.07. The molecule has 0 bridgehead atoms. The van der Waals surface area contributed by atoms with Crippen LogP contribution >= 0.6 is 0 Å². The van der Waals surface area contributed by atoms with E-state index in [4.69, 9.17) is 10.00 Å². The SMILES string of the molecule is Cn1cc(C#N)cc1C(=O)N[C@H]1CC[C@@H](NC(=O)C2CCOCC2)C1. The number of rotatable bonds is 4. The predicted molar refractivity (Wildman–Crippen MR) is 90.7 cm³/mol. The molecular formula is C18H24N4O3. The summed E-state index contributed by atoms with van der Waals surface area (Å²) >= 11 is 0. The number of hydrogen-bond acceptors (Lipinski definition) is 4. The van der Waals surface area contributed by atoms with E-state index in [0.29, 0.717) is 24.5 Å². The summed E-state index contributed by atoms with van der Waals surface area (Å²) in [5, 5.41) is 15.1. The first kappa shape index (κ1) is 17.5. The Labute approximate surface area is 147 Å². The number of nitrogens with zero attached hydrogens (tertiary/aromatic N) is 2. The molecule has 1 saturated heterocycles. The van der Waals surface area contributed by atoms with E-state index in [-0.39, 0.29) is 29.8 Å². The van der Waals surface area contributed by atoms with Crippen molar-refractivity contribution in [1.29, 1.82) is 5.26 Å². The molecule has 0 radical (unpaired) electrons. The van der Waals surface area contributed by atoms with Crippen LogP contribution in [0.3, 0.4) is 0 Å². The summed E-state index contributed by atoms with van der Waals surface area (Å²) in [5.74, 6) is -0.0121. The van der Waals surface area contributed by atoms with Crippen LogP contribution in [0.15, 0.2) is 12.3 Å². The molecule has 1 aromatic rings. The number of aromatic nitrogens is 1. The fourth-order valence-electron chi connectivity index (χ4n) is 3.63. The van der Waals surface area contributed by atoms with Gasteiger partial charge in [-0.05, 0) is 38.2 Å². The Kier molecular flexibility index (Phi) is 5.39. The smallest absolute Gasteiger partial charge is 0.268 e. The second kappa shape index (κ2) is 7.70. The molecular weight excluding hydrogens is 320 g/mol. The molecule has 2 amide bonds. The molecule has 0 spiro atoms. The van der Waals surface area contributed by atoms with Crippen molar-refractivity contribution in [2.24, 2.45) is 13.0 Å². The number of hydrogen-bond donors (Lipinski definition) is 2. The highest BCUT2D eigenvalue weighted by Gasteiger charge is 2.30. The monoisotopic (exact) mass is 344 g/mol. The van der Waals surface area contributed by atoms with E-state index >= 15 is 0 Å². The fraction of sp³-hybridized carbons (Fsp3) is 0.611. The highest BCUT2D eigenvalue weighted by molar-refractivity contribution is 5.93. The fourth-order valence-corrected chi connectivity index (χ4v) is 3.63. The molecule has 0 unspecified atom stereocenters. The number of carbonyl (C=O) groups excluding carboxylic acids is 2. The third kappa shape index (κ3) is 4.20. The Bertz CT molecular complexity index is 685. The van der Waals surface area contributed by atoms with Crippen LogP contribution in [-0.2, 0) is 16.6 Å². The molecule has 1 aromatic heterocycles. The molecule has 7 nitrogen and oxygen atoms in total. The summed E-state index contributed by atoms with van der Waals surface area (Å²) < 4.78 is 6.95. The van der Waals surface area contributed by atoms with E-state index in [1.165, 1.54) is 0 Å². The van der Waals surface area contributed by atoms with Crippen LogP contribution in [0.4, 0.5) is 0 Å². The van der Waals surface area contributed by atoms with Crippen molar-refractivity contribution in [2.75, 3.05) is 13.2 Å². The van der Waals surface area contributed by atoms with Crippen molar-refractivity contribution >= 4 is 11.8 Å². The van der Waals surface area contributed by atoms with E-state index in [1.54, 1.807) is 23.9 Å². The van der Waals surface area contributed by atoms with Gasteiger partial charge in [0, 0.05) is 44.5 Å². The summed E-state index contributed by atoms with van der Waals surface area (Å²) in [6.45, 7) is 1.31. The number of carbonyl (C=O) groups is 2. The first-order chi connectivity index (χ1) is 12.1. The van der Waals surface area contributed by atoms with E-state index in [1.807, 2.05) is 6.07 Å². The van der Waals surface area contributed by atoms with Crippen LogP contribution in [-0.4, -0.2) is 41.7 Å². The van der Waals surface area contributed by atoms with Crippen LogP contribution in [0, 0.1) is 17.2 Å². The van der Waals surface area contributed by atoms with Crippen LogP contribution in [0.2, 0.25) is 0 Å². The molecule has 2 aliphatic rings. The minimum atomic E-state index is -0.176. The number of nitrogens with one attached hydrogen (secondary N) is 2.